The average molecular weight is 274 g/mol. The molecule has 0 saturated heterocycles. The van der Waals surface area contributed by atoms with Gasteiger partial charge in [-0.15, -0.1) is 0 Å². The minimum absolute atomic E-state index is 0.0426. The smallest absolute Gasteiger partial charge is 0.311 e. The van der Waals surface area contributed by atoms with E-state index in [4.69, 9.17) is 14.2 Å². The molecule has 0 aromatic carbocycles. The first kappa shape index (κ1) is 18.4. The van der Waals surface area contributed by atoms with Crippen molar-refractivity contribution < 1.29 is 19.0 Å². The number of methoxy groups -OCH3 is 1. The molecule has 1 unspecified atom stereocenters. The minimum Gasteiger partial charge on any atom is -0.463 e. The van der Waals surface area contributed by atoms with Crippen molar-refractivity contribution in [2.24, 2.45) is 5.41 Å². The maximum Gasteiger partial charge on any atom is 0.311 e. The molecule has 0 fully saturated rings. The van der Waals surface area contributed by atoms with Crippen LogP contribution < -0.4 is 0 Å². The minimum atomic E-state index is -0.403. The molecule has 0 heterocycles. The van der Waals surface area contributed by atoms with Gasteiger partial charge in [0.05, 0.1) is 11.5 Å². The average Bonchev–Trinajstić information content (AvgIpc) is 2.39. The number of ether oxygens (including phenoxy) is 3. The van der Waals surface area contributed by atoms with E-state index in [1.165, 1.54) is 0 Å². The van der Waals surface area contributed by atoms with Crippen LogP contribution in [0.1, 0.15) is 53.4 Å². The molecule has 0 saturated carbocycles. The Morgan fingerprint density at radius 1 is 1.16 bits per heavy atom. The highest BCUT2D eigenvalue weighted by molar-refractivity contribution is 5.75. The van der Waals surface area contributed by atoms with E-state index in [0.29, 0.717) is 13.2 Å². The topological polar surface area (TPSA) is 44.8 Å². The normalized spacial score (nSPS) is 13.3. The molecule has 1 atom stereocenters. The summed E-state index contributed by atoms with van der Waals surface area (Å²) in [6.45, 7) is 9.56. The van der Waals surface area contributed by atoms with Crippen molar-refractivity contribution in [2.75, 3.05) is 26.9 Å². The highest BCUT2D eigenvalue weighted by Gasteiger charge is 2.27. The molecule has 0 spiro atoms. The molecule has 0 radical (unpaired) electrons. The van der Waals surface area contributed by atoms with Gasteiger partial charge in [-0.2, -0.15) is 0 Å². The fourth-order valence-electron chi connectivity index (χ4n) is 1.39. The van der Waals surface area contributed by atoms with Gasteiger partial charge < -0.3 is 14.2 Å². The number of unbranched alkanes of at least 4 members (excludes halogenated alkanes) is 2. The van der Waals surface area contributed by atoms with Crippen LogP contribution in [0.5, 0.6) is 0 Å². The molecular formula is C15H30O4. The van der Waals surface area contributed by atoms with Gasteiger partial charge in [0.25, 0.3) is 0 Å². The van der Waals surface area contributed by atoms with E-state index in [2.05, 4.69) is 0 Å². The Morgan fingerprint density at radius 3 is 2.37 bits per heavy atom. The second-order valence-corrected chi connectivity index (χ2v) is 5.57. The number of carbonyl (C=O) groups is 1. The van der Waals surface area contributed by atoms with Crippen LogP contribution in [0.15, 0.2) is 0 Å². The van der Waals surface area contributed by atoms with Gasteiger partial charge in [0.15, 0.2) is 0 Å². The molecule has 0 aromatic rings. The van der Waals surface area contributed by atoms with Crippen LogP contribution in [0.4, 0.5) is 0 Å². The first-order valence-corrected chi connectivity index (χ1v) is 7.21. The highest BCUT2D eigenvalue weighted by Crippen LogP contribution is 2.21. The fourth-order valence-corrected chi connectivity index (χ4v) is 1.39. The highest BCUT2D eigenvalue weighted by atomic mass is 16.6. The Kier molecular flexibility index (Phi) is 9.88. The van der Waals surface area contributed by atoms with Crippen LogP contribution in [0.25, 0.3) is 0 Å². The summed E-state index contributed by atoms with van der Waals surface area (Å²) in [6, 6.07) is 0. The van der Waals surface area contributed by atoms with Crippen molar-refractivity contribution >= 4 is 5.97 Å². The predicted octanol–water partition coefficient (Wildman–Crippen LogP) is 3.19. The zero-order valence-electron chi connectivity index (χ0n) is 13.2. The zero-order chi connectivity index (χ0) is 14.7. The van der Waals surface area contributed by atoms with Gasteiger partial charge >= 0.3 is 5.97 Å². The molecule has 0 aliphatic heterocycles. The van der Waals surface area contributed by atoms with E-state index >= 15 is 0 Å². The summed E-state index contributed by atoms with van der Waals surface area (Å²) in [6.07, 6.45) is 3.92. The Bertz CT molecular complexity index is 238. The van der Waals surface area contributed by atoms with Crippen LogP contribution in [-0.4, -0.2) is 39.0 Å². The second kappa shape index (κ2) is 10.2. The summed E-state index contributed by atoms with van der Waals surface area (Å²) in [4.78, 5) is 11.8. The molecule has 114 valence electrons. The Morgan fingerprint density at radius 2 is 1.79 bits per heavy atom. The molecule has 0 N–H and O–H groups in total. The summed E-state index contributed by atoms with van der Waals surface area (Å²) >= 11 is 0. The van der Waals surface area contributed by atoms with Gasteiger partial charge in [-0.25, -0.2) is 0 Å². The lowest BCUT2D eigenvalue weighted by atomic mass is 9.91. The summed E-state index contributed by atoms with van der Waals surface area (Å²) in [5, 5.41) is 0. The fraction of sp³-hybridized carbons (Fsp3) is 0.933. The zero-order valence-corrected chi connectivity index (χ0v) is 13.2. The van der Waals surface area contributed by atoms with Crippen LogP contribution in [0, 0.1) is 5.41 Å². The van der Waals surface area contributed by atoms with Crippen molar-refractivity contribution in [3.63, 3.8) is 0 Å². The largest absolute Gasteiger partial charge is 0.463 e. The molecule has 0 aliphatic carbocycles. The van der Waals surface area contributed by atoms with Crippen LogP contribution >= 0.6 is 0 Å². The van der Waals surface area contributed by atoms with Crippen LogP contribution in [0.3, 0.4) is 0 Å². The molecule has 19 heavy (non-hydrogen) atoms. The third-order valence-corrected chi connectivity index (χ3v) is 3.28. The standard InChI is InChI=1S/C15H30O4/c1-6-15(3,4)14(16)19-12-13(2)18-11-9-7-8-10-17-5/h13H,6-12H2,1-5H3. The van der Waals surface area contributed by atoms with E-state index in [1.54, 1.807) is 7.11 Å². The van der Waals surface area contributed by atoms with Crippen molar-refractivity contribution in [2.45, 2.75) is 59.5 Å². The van der Waals surface area contributed by atoms with Crippen LogP contribution in [-0.2, 0) is 19.0 Å². The molecule has 4 nitrogen and oxygen atoms in total. The van der Waals surface area contributed by atoms with E-state index in [-0.39, 0.29) is 12.1 Å². The summed E-state index contributed by atoms with van der Waals surface area (Å²) in [7, 11) is 1.71. The maximum atomic E-state index is 11.8. The molecule has 0 aliphatic rings. The van der Waals surface area contributed by atoms with Gasteiger partial charge in [0, 0.05) is 20.3 Å². The van der Waals surface area contributed by atoms with Gasteiger partial charge in [0.1, 0.15) is 6.61 Å². The number of hydrogen-bond acceptors (Lipinski definition) is 4. The van der Waals surface area contributed by atoms with Gasteiger partial charge in [-0.1, -0.05) is 6.92 Å². The summed E-state index contributed by atoms with van der Waals surface area (Å²) in [5.74, 6) is -0.148. The van der Waals surface area contributed by atoms with Crippen molar-refractivity contribution in [1.82, 2.24) is 0 Å². The summed E-state index contributed by atoms with van der Waals surface area (Å²) in [5.41, 5.74) is -0.403. The van der Waals surface area contributed by atoms with E-state index in [0.717, 1.165) is 32.3 Å². The quantitative estimate of drug-likeness (QED) is 0.429. The van der Waals surface area contributed by atoms with Gasteiger partial charge in [0.2, 0.25) is 0 Å². The monoisotopic (exact) mass is 274 g/mol. The molecular weight excluding hydrogens is 244 g/mol. The van der Waals surface area contributed by atoms with Crippen molar-refractivity contribution in [1.29, 1.82) is 0 Å². The van der Waals surface area contributed by atoms with E-state index in [1.807, 2.05) is 27.7 Å². The van der Waals surface area contributed by atoms with E-state index < -0.39 is 5.41 Å². The number of carbonyl (C=O) groups excluding carboxylic acids is 1. The predicted molar refractivity (Wildman–Crippen MR) is 76.2 cm³/mol. The third-order valence-electron chi connectivity index (χ3n) is 3.28. The molecule has 0 bridgehead atoms. The maximum absolute atomic E-state index is 11.8. The van der Waals surface area contributed by atoms with Crippen molar-refractivity contribution in [3.8, 4) is 0 Å². The lowest BCUT2D eigenvalue weighted by molar-refractivity contribution is -0.158. The lowest BCUT2D eigenvalue weighted by Crippen LogP contribution is -2.29. The van der Waals surface area contributed by atoms with Gasteiger partial charge in [-0.05, 0) is 46.5 Å². The van der Waals surface area contributed by atoms with Gasteiger partial charge in [-0.3, -0.25) is 4.79 Å². The van der Waals surface area contributed by atoms with Crippen LogP contribution in [0.2, 0.25) is 0 Å². The molecule has 0 amide bonds. The van der Waals surface area contributed by atoms with E-state index in [9.17, 15) is 4.79 Å². The first-order chi connectivity index (χ1) is 8.94. The molecule has 0 aromatic heterocycles. The molecule has 0 rings (SSSR count). The number of rotatable bonds is 11. The number of hydrogen-bond donors (Lipinski definition) is 0. The lowest BCUT2D eigenvalue weighted by Gasteiger charge is -2.22. The molecule has 4 heteroatoms. The summed E-state index contributed by atoms with van der Waals surface area (Å²) < 4.78 is 15.9. The Labute approximate surface area is 117 Å². The number of esters is 1. The first-order valence-electron chi connectivity index (χ1n) is 7.21. The second-order valence-electron chi connectivity index (χ2n) is 5.57. The SMILES string of the molecule is CCC(C)(C)C(=O)OCC(C)OCCCCCOC. The van der Waals surface area contributed by atoms with Crippen molar-refractivity contribution in [3.05, 3.63) is 0 Å². The Balaban J connectivity index is 3.59. The third kappa shape index (κ3) is 9.00. The Hall–Kier alpha value is -0.610.